The van der Waals surface area contributed by atoms with E-state index in [1.54, 1.807) is 17.5 Å². The lowest BCUT2D eigenvalue weighted by Crippen LogP contribution is -2.42. The van der Waals surface area contributed by atoms with Crippen LogP contribution < -0.4 is 5.32 Å². The molecule has 0 bridgehead atoms. The fourth-order valence-corrected chi connectivity index (χ4v) is 5.04. The third kappa shape index (κ3) is 6.24. The summed E-state index contributed by atoms with van der Waals surface area (Å²) in [5, 5.41) is 5.52. The Morgan fingerprint density at radius 2 is 1.86 bits per heavy atom. The van der Waals surface area contributed by atoms with Gasteiger partial charge in [0.2, 0.25) is 11.8 Å². The molecule has 188 valence electrons. The maximum absolute atomic E-state index is 13.0. The molecule has 2 aromatic carbocycles. The van der Waals surface area contributed by atoms with Crippen LogP contribution in [0.5, 0.6) is 0 Å². The highest BCUT2D eigenvalue weighted by Crippen LogP contribution is 2.24. The number of hydrogen-bond donors (Lipinski definition) is 1. The second-order valence-corrected chi connectivity index (χ2v) is 10.5. The number of carbonyl (C=O) groups excluding carboxylic acids is 3. The number of benzene rings is 2. The van der Waals surface area contributed by atoms with Gasteiger partial charge >= 0.3 is 0 Å². The number of anilines is 1. The van der Waals surface area contributed by atoms with Crippen LogP contribution in [0.1, 0.15) is 41.0 Å². The fourth-order valence-electron chi connectivity index (χ4n) is 4.02. The van der Waals surface area contributed by atoms with E-state index in [0.717, 1.165) is 6.42 Å². The molecule has 2 heterocycles. The molecule has 0 fully saturated rings. The first-order valence-corrected chi connectivity index (χ1v) is 13.2. The van der Waals surface area contributed by atoms with Crippen molar-refractivity contribution < 1.29 is 14.4 Å². The lowest BCUT2D eigenvalue weighted by molar-refractivity contribution is -0.131. The Morgan fingerprint density at radius 1 is 1.11 bits per heavy atom. The fraction of sp³-hybridized carbons (Fsp3) is 0.308. The van der Waals surface area contributed by atoms with Crippen molar-refractivity contribution in [3.05, 3.63) is 80.3 Å². The van der Waals surface area contributed by atoms with Crippen molar-refractivity contribution in [2.24, 2.45) is 0 Å². The summed E-state index contributed by atoms with van der Waals surface area (Å²) in [7, 11) is 0. The highest BCUT2D eigenvalue weighted by atomic mass is 35.5. The Balaban J connectivity index is 1.34. The zero-order chi connectivity index (χ0) is 25.8. The summed E-state index contributed by atoms with van der Waals surface area (Å²) in [6.07, 6.45) is 1.01. The van der Waals surface area contributed by atoms with E-state index in [4.69, 9.17) is 23.2 Å². The molecule has 3 amide bonds. The molecule has 10 heteroatoms. The Morgan fingerprint density at radius 3 is 2.58 bits per heavy atom. The highest BCUT2D eigenvalue weighted by Gasteiger charge is 2.24. The van der Waals surface area contributed by atoms with Gasteiger partial charge in [-0.05, 0) is 49.6 Å². The van der Waals surface area contributed by atoms with Crippen LogP contribution in [-0.4, -0.2) is 51.6 Å². The second kappa shape index (κ2) is 11.4. The third-order valence-electron chi connectivity index (χ3n) is 5.98. The first-order chi connectivity index (χ1) is 17.2. The van der Waals surface area contributed by atoms with Crippen molar-refractivity contribution in [2.75, 3.05) is 18.4 Å². The number of fused-ring (bicyclic) bond motifs is 1. The predicted octanol–water partition coefficient (Wildman–Crippen LogP) is 5.07. The van der Waals surface area contributed by atoms with Gasteiger partial charge in [-0.3, -0.25) is 14.4 Å². The molecule has 0 saturated heterocycles. The van der Waals surface area contributed by atoms with Crippen LogP contribution in [-0.2, 0) is 29.0 Å². The van der Waals surface area contributed by atoms with Gasteiger partial charge in [-0.1, -0.05) is 47.5 Å². The van der Waals surface area contributed by atoms with E-state index in [1.165, 1.54) is 33.4 Å². The number of thiazole rings is 1. The number of amides is 3. The summed E-state index contributed by atoms with van der Waals surface area (Å²) in [5.41, 5.74) is 3.41. The van der Waals surface area contributed by atoms with E-state index in [9.17, 15) is 14.4 Å². The van der Waals surface area contributed by atoms with Gasteiger partial charge in [0.05, 0.1) is 22.2 Å². The van der Waals surface area contributed by atoms with Crippen molar-refractivity contribution in [3.63, 3.8) is 0 Å². The summed E-state index contributed by atoms with van der Waals surface area (Å²) in [5.74, 6) is -0.699. The van der Waals surface area contributed by atoms with Gasteiger partial charge in [0.15, 0.2) is 5.13 Å². The van der Waals surface area contributed by atoms with Crippen LogP contribution in [0, 0.1) is 0 Å². The first kappa shape index (κ1) is 26.1. The third-order valence-corrected chi connectivity index (χ3v) is 7.52. The largest absolute Gasteiger partial charge is 0.338 e. The number of hydrogen-bond acceptors (Lipinski definition) is 5. The monoisotopic (exact) mass is 544 g/mol. The zero-order valence-corrected chi connectivity index (χ0v) is 22.3. The second-order valence-electron chi connectivity index (χ2n) is 8.86. The molecule has 3 aromatic rings. The van der Waals surface area contributed by atoms with Crippen molar-refractivity contribution in [2.45, 2.75) is 39.3 Å². The van der Waals surface area contributed by atoms with Crippen molar-refractivity contribution in [3.8, 4) is 0 Å². The summed E-state index contributed by atoms with van der Waals surface area (Å²) < 4.78 is 0. The number of nitrogens with one attached hydrogen (secondary N) is 1. The number of nitrogens with zero attached hydrogens (tertiary/aromatic N) is 3. The minimum atomic E-state index is -0.378. The van der Waals surface area contributed by atoms with Gasteiger partial charge in [-0.15, -0.1) is 11.3 Å². The Bertz CT molecular complexity index is 1290. The molecule has 36 heavy (non-hydrogen) atoms. The van der Waals surface area contributed by atoms with Crippen LogP contribution >= 0.6 is 34.5 Å². The zero-order valence-electron chi connectivity index (χ0n) is 20.0. The van der Waals surface area contributed by atoms with Gasteiger partial charge in [0.1, 0.15) is 6.54 Å². The van der Waals surface area contributed by atoms with Crippen LogP contribution in [0.4, 0.5) is 5.13 Å². The van der Waals surface area contributed by atoms with Gasteiger partial charge in [-0.2, -0.15) is 0 Å². The summed E-state index contributed by atoms with van der Waals surface area (Å²) in [4.78, 5) is 46.2. The predicted molar refractivity (Wildman–Crippen MR) is 143 cm³/mol. The summed E-state index contributed by atoms with van der Waals surface area (Å²) >= 11 is 13.2. The minimum Gasteiger partial charge on any atom is -0.338 e. The van der Waals surface area contributed by atoms with Crippen LogP contribution in [0.15, 0.2) is 47.8 Å². The average molecular weight is 545 g/mol. The molecule has 0 unspecified atom stereocenters. The molecule has 0 saturated carbocycles. The Kier molecular flexibility index (Phi) is 8.28. The van der Waals surface area contributed by atoms with Crippen LogP contribution in [0.25, 0.3) is 0 Å². The number of carbonyl (C=O) groups is 3. The van der Waals surface area contributed by atoms with Crippen molar-refractivity contribution in [1.82, 2.24) is 14.8 Å². The molecule has 4 rings (SSSR count). The molecule has 0 spiro atoms. The maximum atomic E-state index is 13.0. The summed E-state index contributed by atoms with van der Waals surface area (Å²) in [6.45, 7) is 4.78. The van der Waals surface area contributed by atoms with Gasteiger partial charge < -0.3 is 15.1 Å². The first-order valence-electron chi connectivity index (χ1n) is 11.6. The van der Waals surface area contributed by atoms with E-state index in [1.807, 2.05) is 30.9 Å². The number of aromatic nitrogens is 1. The molecule has 7 nitrogen and oxygen atoms in total. The van der Waals surface area contributed by atoms with Crippen LogP contribution in [0.3, 0.4) is 0 Å². The van der Waals surface area contributed by atoms with Crippen molar-refractivity contribution >= 4 is 57.4 Å². The van der Waals surface area contributed by atoms with Gasteiger partial charge in [0, 0.05) is 30.1 Å². The number of halogens is 2. The molecule has 0 atom stereocenters. The summed E-state index contributed by atoms with van der Waals surface area (Å²) in [6, 6.07) is 12.6. The minimum absolute atomic E-state index is 0.00545. The molecular weight excluding hydrogens is 519 g/mol. The van der Waals surface area contributed by atoms with Crippen LogP contribution in [0.2, 0.25) is 10.0 Å². The lowest BCUT2D eigenvalue weighted by Gasteiger charge is -2.28. The normalized spacial score (nSPS) is 12.9. The smallest absolute Gasteiger partial charge is 0.254 e. The maximum Gasteiger partial charge on any atom is 0.254 e. The quantitative estimate of drug-likeness (QED) is 0.450. The standard InChI is InChI=1S/C26H26Cl2N4O3S/c1-16(2)32(25(35)18-7-8-21(27)22(28)11-18)14-23(33)30-26-29-20(15-36-26)12-24(34)31-10-9-17-5-3-4-6-19(17)13-31/h3-8,11,15-16H,9-10,12-14H2,1-2H3,(H,29,30,33). The average Bonchev–Trinajstić information content (AvgIpc) is 3.29. The molecular formula is C26H26Cl2N4O3S. The van der Waals surface area contributed by atoms with Gasteiger partial charge in [-0.25, -0.2) is 4.98 Å². The molecule has 1 N–H and O–H groups in total. The Labute approximate surface area is 224 Å². The van der Waals surface area contributed by atoms with E-state index >= 15 is 0 Å². The highest BCUT2D eigenvalue weighted by molar-refractivity contribution is 7.13. The molecule has 1 aromatic heterocycles. The Hall–Kier alpha value is -2.94. The molecule has 1 aliphatic heterocycles. The van der Waals surface area contributed by atoms with Gasteiger partial charge in [0.25, 0.3) is 5.91 Å². The molecule has 0 aliphatic carbocycles. The van der Waals surface area contributed by atoms with E-state index in [-0.39, 0.29) is 41.8 Å². The van der Waals surface area contributed by atoms with E-state index < -0.39 is 0 Å². The molecule has 0 radical (unpaired) electrons. The number of rotatable bonds is 7. The topological polar surface area (TPSA) is 82.6 Å². The van der Waals surface area contributed by atoms with E-state index in [2.05, 4.69) is 22.4 Å². The lowest BCUT2D eigenvalue weighted by atomic mass is 10.00. The van der Waals surface area contributed by atoms with Crippen molar-refractivity contribution in [1.29, 1.82) is 0 Å². The van der Waals surface area contributed by atoms with E-state index in [0.29, 0.717) is 34.5 Å². The SMILES string of the molecule is CC(C)N(CC(=O)Nc1nc(CC(=O)N2CCc3ccccc3C2)cs1)C(=O)c1ccc(Cl)c(Cl)c1. The molecule has 1 aliphatic rings.